The Morgan fingerprint density at radius 2 is 1.94 bits per heavy atom. The van der Waals surface area contributed by atoms with Crippen LogP contribution in [-0.2, 0) is 6.42 Å². The Hall–Kier alpha value is -0.500. The molecule has 0 bridgehead atoms. The maximum atomic E-state index is 6.25. The number of hydrogen-bond donors (Lipinski definition) is 0. The first-order chi connectivity index (χ1) is 7.95. The zero-order chi connectivity index (χ0) is 13.0. The molecule has 0 saturated carbocycles. The van der Waals surface area contributed by atoms with Crippen LogP contribution in [0.15, 0.2) is 12.3 Å². The van der Waals surface area contributed by atoms with E-state index in [0.717, 1.165) is 18.5 Å². The standard InChI is InChI=1S/C14H25ClN2/c1-6-11(4)17-8-7-13(16-17)9-14(10(2)3)12(5)15/h7-8,10-12,14H,6,9H2,1-5H3. The van der Waals surface area contributed by atoms with E-state index in [1.54, 1.807) is 0 Å². The van der Waals surface area contributed by atoms with Crippen LogP contribution in [-0.4, -0.2) is 15.2 Å². The topological polar surface area (TPSA) is 17.8 Å². The number of nitrogens with zero attached hydrogens (tertiary/aromatic N) is 2. The first-order valence-corrected chi connectivity index (χ1v) is 7.07. The van der Waals surface area contributed by atoms with E-state index in [-0.39, 0.29) is 5.38 Å². The van der Waals surface area contributed by atoms with E-state index in [2.05, 4.69) is 56.7 Å². The second-order valence-corrected chi connectivity index (χ2v) is 6.02. The molecular formula is C14H25ClN2. The molecule has 0 aliphatic carbocycles. The highest BCUT2D eigenvalue weighted by atomic mass is 35.5. The third-order valence-corrected chi connectivity index (χ3v) is 3.92. The summed E-state index contributed by atoms with van der Waals surface area (Å²) >= 11 is 6.25. The van der Waals surface area contributed by atoms with Gasteiger partial charge in [-0.15, -0.1) is 11.6 Å². The van der Waals surface area contributed by atoms with Gasteiger partial charge in [-0.3, -0.25) is 4.68 Å². The number of alkyl halides is 1. The van der Waals surface area contributed by atoms with Gasteiger partial charge in [0.15, 0.2) is 0 Å². The van der Waals surface area contributed by atoms with Gasteiger partial charge in [0.05, 0.1) is 5.69 Å². The monoisotopic (exact) mass is 256 g/mol. The number of hydrogen-bond acceptors (Lipinski definition) is 1. The van der Waals surface area contributed by atoms with Crippen molar-refractivity contribution >= 4 is 11.6 Å². The number of rotatable bonds is 6. The van der Waals surface area contributed by atoms with Crippen molar-refractivity contribution in [3.63, 3.8) is 0 Å². The predicted molar refractivity (Wildman–Crippen MR) is 74.6 cm³/mol. The summed E-state index contributed by atoms with van der Waals surface area (Å²) in [6, 6.07) is 2.61. The molecule has 0 spiro atoms. The highest BCUT2D eigenvalue weighted by Crippen LogP contribution is 2.24. The quantitative estimate of drug-likeness (QED) is 0.694. The smallest absolute Gasteiger partial charge is 0.0628 e. The molecule has 3 atom stereocenters. The normalized spacial score (nSPS) is 17.1. The van der Waals surface area contributed by atoms with Gasteiger partial charge in [-0.25, -0.2) is 0 Å². The van der Waals surface area contributed by atoms with Crippen LogP contribution in [0.25, 0.3) is 0 Å². The van der Waals surface area contributed by atoms with Crippen molar-refractivity contribution < 1.29 is 0 Å². The fraction of sp³-hybridized carbons (Fsp3) is 0.786. The maximum Gasteiger partial charge on any atom is 0.0628 e. The third-order valence-electron chi connectivity index (χ3n) is 3.60. The molecule has 0 saturated heterocycles. The lowest BCUT2D eigenvalue weighted by atomic mass is 9.89. The molecule has 17 heavy (non-hydrogen) atoms. The van der Waals surface area contributed by atoms with Gasteiger partial charge in [-0.05, 0) is 44.6 Å². The third kappa shape index (κ3) is 4.02. The van der Waals surface area contributed by atoms with Crippen LogP contribution in [0.4, 0.5) is 0 Å². The minimum atomic E-state index is 0.198. The average molecular weight is 257 g/mol. The lowest BCUT2D eigenvalue weighted by Gasteiger charge is -2.22. The molecule has 3 unspecified atom stereocenters. The van der Waals surface area contributed by atoms with Crippen molar-refractivity contribution in [1.82, 2.24) is 9.78 Å². The zero-order valence-corrected chi connectivity index (χ0v) is 12.4. The van der Waals surface area contributed by atoms with Crippen LogP contribution in [0, 0.1) is 11.8 Å². The van der Waals surface area contributed by atoms with Gasteiger partial charge in [0.1, 0.15) is 0 Å². The summed E-state index contributed by atoms with van der Waals surface area (Å²) in [5.41, 5.74) is 1.16. The van der Waals surface area contributed by atoms with Crippen LogP contribution in [0.5, 0.6) is 0 Å². The molecule has 1 heterocycles. The van der Waals surface area contributed by atoms with Crippen LogP contribution in [0.1, 0.15) is 52.8 Å². The van der Waals surface area contributed by atoms with E-state index in [1.807, 2.05) is 0 Å². The summed E-state index contributed by atoms with van der Waals surface area (Å²) in [4.78, 5) is 0. The Morgan fingerprint density at radius 3 is 2.41 bits per heavy atom. The predicted octanol–water partition coefficient (Wildman–Crippen LogP) is 4.30. The summed E-state index contributed by atoms with van der Waals surface area (Å²) in [5.74, 6) is 1.09. The average Bonchev–Trinajstić information content (AvgIpc) is 2.72. The molecule has 0 fully saturated rings. The summed E-state index contributed by atoms with van der Waals surface area (Å²) < 4.78 is 2.06. The molecule has 0 amide bonds. The van der Waals surface area contributed by atoms with Gasteiger partial charge in [0, 0.05) is 17.6 Å². The van der Waals surface area contributed by atoms with Crippen molar-refractivity contribution in [3.8, 4) is 0 Å². The molecule has 0 aliphatic heterocycles. The molecule has 0 N–H and O–H groups in total. The lowest BCUT2D eigenvalue weighted by Crippen LogP contribution is -2.21. The largest absolute Gasteiger partial charge is 0.270 e. The van der Waals surface area contributed by atoms with Gasteiger partial charge in [0.25, 0.3) is 0 Å². The molecule has 98 valence electrons. The fourth-order valence-electron chi connectivity index (χ4n) is 2.09. The van der Waals surface area contributed by atoms with Crippen LogP contribution in [0.2, 0.25) is 0 Å². The first kappa shape index (κ1) is 14.6. The Bertz CT molecular complexity index is 323. The maximum absolute atomic E-state index is 6.25. The fourth-order valence-corrected chi connectivity index (χ4v) is 2.47. The van der Waals surface area contributed by atoms with Gasteiger partial charge < -0.3 is 0 Å². The highest BCUT2D eigenvalue weighted by Gasteiger charge is 2.20. The van der Waals surface area contributed by atoms with E-state index in [1.165, 1.54) is 0 Å². The Balaban J connectivity index is 2.70. The SMILES string of the molecule is CCC(C)n1ccc(CC(C(C)C)C(C)Cl)n1. The molecule has 1 aromatic rings. The summed E-state index contributed by atoms with van der Waals surface area (Å²) in [6.45, 7) is 10.9. The van der Waals surface area contributed by atoms with Crippen molar-refractivity contribution in [3.05, 3.63) is 18.0 Å². The van der Waals surface area contributed by atoms with E-state index >= 15 is 0 Å². The Labute approximate surface area is 110 Å². The summed E-state index contributed by atoms with van der Waals surface area (Å²) in [5, 5.41) is 4.84. The van der Waals surface area contributed by atoms with Crippen molar-refractivity contribution in [1.29, 1.82) is 0 Å². The van der Waals surface area contributed by atoms with Gasteiger partial charge >= 0.3 is 0 Å². The number of aromatic nitrogens is 2. The van der Waals surface area contributed by atoms with Crippen LogP contribution in [0.3, 0.4) is 0 Å². The van der Waals surface area contributed by atoms with Crippen molar-refractivity contribution in [2.45, 2.75) is 58.9 Å². The molecule has 0 aromatic carbocycles. The van der Waals surface area contributed by atoms with Gasteiger partial charge in [-0.2, -0.15) is 5.10 Å². The minimum Gasteiger partial charge on any atom is -0.270 e. The molecule has 3 heteroatoms. The second-order valence-electron chi connectivity index (χ2n) is 5.33. The van der Waals surface area contributed by atoms with E-state index in [9.17, 15) is 0 Å². The zero-order valence-electron chi connectivity index (χ0n) is 11.7. The molecule has 1 aromatic heterocycles. The van der Waals surface area contributed by atoms with Crippen LogP contribution < -0.4 is 0 Å². The lowest BCUT2D eigenvalue weighted by molar-refractivity contribution is 0.369. The second kappa shape index (κ2) is 6.44. The Kier molecular flexibility index (Phi) is 5.51. The van der Waals surface area contributed by atoms with Gasteiger partial charge in [0.2, 0.25) is 0 Å². The van der Waals surface area contributed by atoms with Crippen molar-refractivity contribution in [2.24, 2.45) is 11.8 Å². The minimum absolute atomic E-state index is 0.198. The molecule has 0 aliphatic rings. The molecule has 0 radical (unpaired) electrons. The van der Waals surface area contributed by atoms with E-state index in [4.69, 9.17) is 11.6 Å². The highest BCUT2D eigenvalue weighted by molar-refractivity contribution is 6.20. The molecular weight excluding hydrogens is 232 g/mol. The Morgan fingerprint density at radius 1 is 1.29 bits per heavy atom. The number of halogens is 1. The molecule has 2 nitrogen and oxygen atoms in total. The van der Waals surface area contributed by atoms with Gasteiger partial charge in [-0.1, -0.05) is 20.8 Å². The van der Waals surface area contributed by atoms with Crippen molar-refractivity contribution in [2.75, 3.05) is 0 Å². The van der Waals surface area contributed by atoms with E-state index < -0.39 is 0 Å². The van der Waals surface area contributed by atoms with E-state index in [0.29, 0.717) is 17.9 Å². The summed E-state index contributed by atoms with van der Waals surface area (Å²) in [6.07, 6.45) is 4.17. The first-order valence-electron chi connectivity index (χ1n) is 6.63. The van der Waals surface area contributed by atoms with Crippen LogP contribution >= 0.6 is 11.6 Å². The molecule has 1 rings (SSSR count). The summed E-state index contributed by atoms with van der Waals surface area (Å²) in [7, 11) is 0.